The smallest absolute Gasteiger partial charge is 0.224 e. The summed E-state index contributed by atoms with van der Waals surface area (Å²) in [5.74, 6) is 0.937. The van der Waals surface area contributed by atoms with Crippen molar-refractivity contribution >= 4 is 5.82 Å². The fourth-order valence-corrected chi connectivity index (χ4v) is 2.49. The minimum Gasteiger partial charge on any atom is -0.436 e. The Bertz CT molecular complexity index is 629. The van der Waals surface area contributed by atoms with Gasteiger partial charge in [-0.3, -0.25) is 0 Å². The number of para-hydroxylation sites is 1. The molecular weight excluding hydrogens is 283 g/mol. The predicted molar refractivity (Wildman–Crippen MR) is 82.8 cm³/mol. The minimum absolute atomic E-state index is 0.169. The van der Waals surface area contributed by atoms with Crippen LogP contribution < -0.4 is 9.64 Å². The molecule has 1 aliphatic rings. The Labute approximate surface area is 129 Å². The van der Waals surface area contributed by atoms with Crippen LogP contribution in [-0.4, -0.2) is 47.6 Å². The van der Waals surface area contributed by atoms with Crippen LogP contribution in [0.25, 0.3) is 0 Å². The van der Waals surface area contributed by atoms with E-state index in [-0.39, 0.29) is 5.75 Å². The zero-order valence-electron chi connectivity index (χ0n) is 12.6. The minimum atomic E-state index is -0.403. The molecule has 2 aromatic rings. The quantitative estimate of drug-likeness (QED) is 0.868. The molecule has 0 N–H and O–H groups in total. The van der Waals surface area contributed by atoms with Crippen molar-refractivity contribution in [2.75, 3.05) is 37.6 Å². The number of aromatic nitrogens is 2. The zero-order valence-corrected chi connectivity index (χ0v) is 12.6. The van der Waals surface area contributed by atoms with Crippen LogP contribution >= 0.6 is 0 Å². The molecule has 0 amide bonds. The van der Waals surface area contributed by atoms with Crippen LogP contribution in [0.3, 0.4) is 0 Å². The summed E-state index contributed by atoms with van der Waals surface area (Å²) in [7, 11) is 0. The maximum Gasteiger partial charge on any atom is 0.224 e. The maximum absolute atomic E-state index is 13.6. The topological polar surface area (TPSA) is 41.5 Å². The Balaban J connectivity index is 1.72. The van der Waals surface area contributed by atoms with Gasteiger partial charge in [0.2, 0.25) is 5.88 Å². The number of anilines is 1. The molecule has 0 radical (unpaired) electrons. The van der Waals surface area contributed by atoms with Gasteiger partial charge in [0.25, 0.3) is 0 Å². The summed E-state index contributed by atoms with van der Waals surface area (Å²) in [5.41, 5.74) is 0. The predicted octanol–water partition coefficient (Wildman–Crippen LogP) is 2.55. The van der Waals surface area contributed by atoms with E-state index in [1.165, 1.54) is 12.4 Å². The van der Waals surface area contributed by atoms with Crippen molar-refractivity contribution in [2.45, 2.75) is 6.92 Å². The fourth-order valence-electron chi connectivity index (χ4n) is 2.49. The highest BCUT2D eigenvalue weighted by molar-refractivity contribution is 5.42. The first-order valence-electron chi connectivity index (χ1n) is 7.48. The van der Waals surface area contributed by atoms with Crippen molar-refractivity contribution in [1.29, 1.82) is 0 Å². The molecule has 116 valence electrons. The van der Waals surface area contributed by atoms with Crippen LogP contribution in [0.1, 0.15) is 6.92 Å². The lowest BCUT2D eigenvalue weighted by Crippen LogP contribution is -2.46. The molecule has 5 nitrogen and oxygen atoms in total. The molecule has 1 aromatic heterocycles. The summed E-state index contributed by atoms with van der Waals surface area (Å²) in [6.45, 7) is 7.11. The number of piperazine rings is 1. The van der Waals surface area contributed by atoms with Gasteiger partial charge in [-0.2, -0.15) is 0 Å². The van der Waals surface area contributed by atoms with E-state index >= 15 is 0 Å². The molecule has 0 saturated carbocycles. The second kappa shape index (κ2) is 6.70. The Morgan fingerprint density at radius 1 is 1.14 bits per heavy atom. The number of nitrogens with zero attached hydrogens (tertiary/aromatic N) is 4. The van der Waals surface area contributed by atoms with Crippen LogP contribution in [0, 0.1) is 5.82 Å². The van der Waals surface area contributed by atoms with E-state index in [1.807, 2.05) is 0 Å². The van der Waals surface area contributed by atoms with Crippen LogP contribution in [-0.2, 0) is 0 Å². The van der Waals surface area contributed by atoms with Crippen LogP contribution in [0.2, 0.25) is 0 Å². The molecule has 6 heteroatoms. The van der Waals surface area contributed by atoms with Crippen LogP contribution in [0.4, 0.5) is 10.2 Å². The average Bonchev–Trinajstić information content (AvgIpc) is 2.57. The summed E-state index contributed by atoms with van der Waals surface area (Å²) in [5, 5.41) is 0. The van der Waals surface area contributed by atoms with E-state index < -0.39 is 5.82 Å². The first-order valence-corrected chi connectivity index (χ1v) is 7.48. The number of likely N-dealkylation sites (N-methyl/N-ethyl adjacent to an activating group) is 1. The number of rotatable bonds is 4. The van der Waals surface area contributed by atoms with Crippen LogP contribution in [0.5, 0.6) is 11.6 Å². The Morgan fingerprint density at radius 2 is 1.91 bits per heavy atom. The molecule has 1 aromatic carbocycles. The lowest BCUT2D eigenvalue weighted by molar-refractivity contribution is 0.270. The number of hydrogen-bond acceptors (Lipinski definition) is 5. The zero-order chi connectivity index (χ0) is 15.4. The van der Waals surface area contributed by atoms with E-state index in [0.717, 1.165) is 38.5 Å². The van der Waals surface area contributed by atoms with Crippen LogP contribution in [0.15, 0.2) is 36.7 Å². The maximum atomic E-state index is 13.6. The van der Waals surface area contributed by atoms with E-state index in [0.29, 0.717) is 5.88 Å². The number of benzene rings is 1. The van der Waals surface area contributed by atoms with Crippen molar-refractivity contribution in [3.05, 3.63) is 42.5 Å². The fraction of sp³-hybridized carbons (Fsp3) is 0.375. The highest BCUT2D eigenvalue weighted by atomic mass is 19.1. The van der Waals surface area contributed by atoms with Gasteiger partial charge in [0.05, 0.1) is 0 Å². The molecule has 3 rings (SSSR count). The second-order valence-electron chi connectivity index (χ2n) is 5.17. The van der Waals surface area contributed by atoms with Crippen molar-refractivity contribution in [3.8, 4) is 11.6 Å². The molecule has 0 spiro atoms. The van der Waals surface area contributed by atoms with Gasteiger partial charge in [-0.05, 0) is 18.7 Å². The van der Waals surface area contributed by atoms with E-state index in [9.17, 15) is 4.39 Å². The van der Waals surface area contributed by atoms with Crippen molar-refractivity contribution < 1.29 is 9.13 Å². The summed E-state index contributed by atoms with van der Waals surface area (Å²) < 4.78 is 19.1. The van der Waals surface area contributed by atoms with E-state index in [2.05, 4.69) is 26.7 Å². The van der Waals surface area contributed by atoms with E-state index in [4.69, 9.17) is 4.74 Å². The second-order valence-corrected chi connectivity index (χ2v) is 5.17. The third-order valence-electron chi connectivity index (χ3n) is 3.82. The van der Waals surface area contributed by atoms with Gasteiger partial charge in [-0.1, -0.05) is 19.1 Å². The molecule has 0 atom stereocenters. The molecule has 1 saturated heterocycles. The Kier molecular flexibility index (Phi) is 4.48. The molecule has 22 heavy (non-hydrogen) atoms. The highest BCUT2D eigenvalue weighted by Crippen LogP contribution is 2.24. The summed E-state index contributed by atoms with van der Waals surface area (Å²) >= 11 is 0. The van der Waals surface area contributed by atoms with Gasteiger partial charge in [0, 0.05) is 32.2 Å². The standard InChI is InChI=1S/C16H19FN4O/c1-2-20-7-9-21(10-8-20)15-11-16(19-12-18-15)22-14-6-4-3-5-13(14)17/h3-6,11-12H,2,7-10H2,1H3. The summed E-state index contributed by atoms with van der Waals surface area (Å²) in [4.78, 5) is 13.0. The van der Waals surface area contributed by atoms with Crippen molar-refractivity contribution in [3.63, 3.8) is 0 Å². The molecular formula is C16H19FN4O. The average molecular weight is 302 g/mol. The normalized spacial score (nSPS) is 15.8. The number of halogens is 1. The molecule has 0 unspecified atom stereocenters. The van der Waals surface area contributed by atoms with Gasteiger partial charge in [-0.15, -0.1) is 0 Å². The van der Waals surface area contributed by atoms with Gasteiger partial charge < -0.3 is 14.5 Å². The highest BCUT2D eigenvalue weighted by Gasteiger charge is 2.17. The van der Waals surface area contributed by atoms with Gasteiger partial charge in [0.1, 0.15) is 12.1 Å². The number of ether oxygens (including phenoxy) is 1. The SMILES string of the molecule is CCN1CCN(c2cc(Oc3ccccc3F)ncn2)CC1. The van der Waals surface area contributed by atoms with Gasteiger partial charge >= 0.3 is 0 Å². The molecule has 1 fully saturated rings. The summed E-state index contributed by atoms with van der Waals surface area (Å²) in [6.07, 6.45) is 1.46. The molecule has 2 heterocycles. The molecule has 0 bridgehead atoms. The monoisotopic (exact) mass is 302 g/mol. The van der Waals surface area contributed by atoms with Crippen molar-refractivity contribution in [1.82, 2.24) is 14.9 Å². The third kappa shape index (κ3) is 3.33. The van der Waals surface area contributed by atoms with Crippen molar-refractivity contribution in [2.24, 2.45) is 0 Å². The lowest BCUT2D eigenvalue weighted by Gasteiger charge is -2.34. The Hall–Kier alpha value is -2.21. The largest absolute Gasteiger partial charge is 0.436 e. The lowest BCUT2D eigenvalue weighted by atomic mass is 10.3. The van der Waals surface area contributed by atoms with E-state index in [1.54, 1.807) is 24.3 Å². The molecule has 1 aliphatic heterocycles. The Morgan fingerprint density at radius 3 is 2.64 bits per heavy atom. The van der Waals surface area contributed by atoms with Gasteiger partial charge in [-0.25, -0.2) is 14.4 Å². The molecule has 0 aliphatic carbocycles. The first-order chi connectivity index (χ1) is 10.8. The first kappa shape index (κ1) is 14.7. The summed E-state index contributed by atoms with van der Waals surface area (Å²) in [6, 6.07) is 8.05. The van der Waals surface area contributed by atoms with Gasteiger partial charge in [0.15, 0.2) is 11.6 Å². The number of hydrogen-bond donors (Lipinski definition) is 0. The third-order valence-corrected chi connectivity index (χ3v) is 3.82.